The molecule has 1 fully saturated rings. The lowest BCUT2D eigenvalue weighted by atomic mass is 10.2. The Bertz CT molecular complexity index is 666. The second-order valence-corrected chi connectivity index (χ2v) is 7.49. The van der Waals surface area contributed by atoms with Crippen LogP contribution in [0.5, 0.6) is 0 Å². The molecular weight excluding hydrogens is 382 g/mol. The fourth-order valence-corrected chi connectivity index (χ4v) is 3.49. The van der Waals surface area contributed by atoms with E-state index in [0.717, 1.165) is 19.4 Å². The highest BCUT2D eigenvalue weighted by atomic mass is 35.5. The SMILES string of the molecule is Cl.NCCNS(=O)(=O)c1cccc(NC(=O)CCOCC2CCCO2)c1. The lowest BCUT2D eigenvalue weighted by Gasteiger charge is -2.11. The van der Waals surface area contributed by atoms with Crippen LogP contribution < -0.4 is 15.8 Å². The van der Waals surface area contributed by atoms with E-state index in [0.29, 0.717) is 18.9 Å². The van der Waals surface area contributed by atoms with Crippen LogP contribution in [-0.2, 0) is 24.3 Å². The third-order valence-electron chi connectivity index (χ3n) is 3.67. The van der Waals surface area contributed by atoms with E-state index in [1.807, 2.05) is 0 Å². The van der Waals surface area contributed by atoms with Crippen molar-refractivity contribution in [3.8, 4) is 0 Å². The van der Waals surface area contributed by atoms with Gasteiger partial charge in [0.25, 0.3) is 0 Å². The molecule has 4 N–H and O–H groups in total. The summed E-state index contributed by atoms with van der Waals surface area (Å²) >= 11 is 0. The number of nitrogens with two attached hydrogens (primary N) is 1. The van der Waals surface area contributed by atoms with E-state index >= 15 is 0 Å². The molecule has 1 heterocycles. The van der Waals surface area contributed by atoms with Crippen LogP contribution in [0.4, 0.5) is 5.69 Å². The van der Waals surface area contributed by atoms with Crippen LogP contribution in [0.3, 0.4) is 0 Å². The van der Waals surface area contributed by atoms with Crippen molar-refractivity contribution in [2.45, 2.75) is 30.3 Å². The number of carbonyl (C=O) groups excluding carboxylic acids is 1. The van der Waals surface area contributed by atoms with Crippen molar-refractivity contribution in [2.24, 2.45) is 5.73 Å². The van der Waals surface area contributed by atoms with Crippen LogP contribution in [0.15, 0.2) is 29.2 Å². The van der Waals surface area contributed by atoms with Gasteiger partial charge in [-0.2, -0.15) is 0 Å². The Kier molecular flexibility index (Phi) is 10.1. The molecule has 0 aromatic heterocycles. The molecule has 1 unspecified atom stereocenters. The van der Waals surface area contributed by atoms with Gasteiger partial charge in [-0.1, -0.05) is 6.07 Å². The minimum atomic E-state index is -3.63. The Hall–Kier alpha value is -1.23. The molecule has 8 nitrogen and oxygen atoms in total. The minimum Gasteiger partial charge on any atom is -0.378 e. The van der Waals surface area contributed by atoms with Gasteiger partial charge < -0.3 is 20.5 Å². The Morgan fingerprint density at radius 2 is 2.19 bits per heavy atom. The zero-order valence-corrected chi connectivity index (χ0v) is 16.1. The largest absolute Gasteiger partial charge is 0.378 e. The van der Waals surface area contributed by atoms with Gasteiger partial charge in [0.05, 0.1) is 30.6 Å². The molecule has 1 saturated heterocycles. The summed E-state index contributed by atoms with van der Waals surface area (Å²) in [5.41, 5.74) is 5.72. The average Bonchev–Trinajstić information content (AvgIpc) is 3.11. The third-order valence-corrected chi connectivity index (χ3v) is 5.12. The zero-order valence-electron chi connectivity index (χ0n) is 14.5. The van der Waals surface area contributed by atoms with E-state index in [-0.39, 0.29) is 48.8 Å². The highest BCUT2D eigenvalue weighted by Gasteiger charge is 2.16. The summed E-state index contributed by atoms with van der Waals surface area (Å²) in [5, 5.41) is 2.67. The first-order valence-electron chi connectivity index (χ1n) is 8.30. The summed E-state index contributed by atoms with van der Waals surface area (Å²) in [6.45, 7) is 1.92. The van der Waals surface area contributed by atoms with Crippen LogP contribution in [0.1, 0.15) is 19.3 Å². The van der Waals surface area contributed by atoms with Crippen molar-refractivity contribution in [1.82, 2.24) is 4.72 Å². The lowest BCUT2D eigenvalue weighted by molar-refractivity contribution is -0.117. The van der Waals surface area contributed by atoms with Crippen LogP contribution in [0.25, 0.3) is 0 Å². The summed E-state index contributed by atoms with van der Waals surface area (Å²) in [5.74, 6) is -0.239. The molecule has 1 aliphatic heterocycles. The van der Waals surface area contributed by atoms with Gasteiger partial charge in [0.2, 0.25) is 15.9 Å². The molecule has 10 heteroatoms. The maximum atomic E-state index is 12.1. The number of ether oxygens (including phenoxy) is 2. The molecule has 148 valence electrons. The molecule has 0 aliphatic carbocycles. The van der Waals surface area contributed by atoms with Gasteiger partial charge in [0.15, 0.2) is 0 Å². The highest BCUT2D eigenvalue weighted by Crippen LogP contribution is 2.16. The second kappa shape index (κ2) is 11.5. The molecule has 1 atom stereocenters. The van der Waals surface area contributed by atoms with Gasteiger partial charge >= 0.3 is 0 Å². The molecule has 0 bridgehead atoms. The van der Waals surface area contributed by atoms with Gasteiger partial charge in [-0.25, -0.2) is 13.1 Å². The van der Waals surface area contributed by atoms with Crippen LogP contribution in [0, 0.1) is 0 Å². The Balaban J connectivity index is 0.00000338. The fourth-order valence-electron chi connectivity index (χ4n) is 2.40. The Morgan fingerprint density at radius 3 is 2.88 bits per heavy atom. The van der Waals surface area contributed by atoms with Gasteiger partial charge in [0, 0.05) is 25.4 Å². The number of hydrogen-bond donors (Lipinski definition) is 3. The molecule has 1 aromatic rings. The first-order valence-corrected chi connectivity index (χ1v) is 9.78. The van der Waals surface area contributed by atoms with E-state index in [4.69, 9.17) is 15.2 Å². The number of benzene rings is 1. The minimum absolute atomic E-state index is 0. The molecule has 0 spiro atoms. The van der Waals surface area contributed by atoms with Gasteiger partial charge in [0.1, 0.15) is 0 Å². The van der Waals surface area contributed by atoms with Crippen molar-refractivity contribution >= 4 is 34.0 Å². The quantitative estimate of drug-likeness (QED) is 0.495. The first kappa shape index (κ1) is 22.8. The normalized spacial score (nSPS) is 16.9. The van der Waals surface area contributed by atoms with Crippen molar-refractivity contribution < 1.29 is 22.7 Å². The van der Waals surface area contributed by atoms with E-state index in [2.05, 4.69) is 10.0 Å². The third kappa shape index (κ3) is 7.56. The number of nitrogens with one attached hydrogen (secondary N) is 2. The standard InChI is InChI=1S/C16H25N3O5S.ClH/c17-7-8-18-25(21,22)15-5-1-3-13(11-15)19-16(20)6-10-23-12-14-4-2-9-24-14;/h1,3,5,11,14,18H,2,4,6-10,12,17H2,(H,19,20);1H. The van der Waals surface area contributed by atoms with Gasteiger partial charge in [-0.3, -0.25) is 4.79 Å². The number of amides is 1. The molecule has 1 aliphatic rings. The summed E-state index contributed by atoms with van der Waals surface area (Å²) in [6, 6.07) is 6.07. The highest BCUT2D eigenvalue weighted by molar-refractivity contribution is 7.89. The molecular formula is C16H26ClN3O5S. The maximum Gasteiger partial charge on any atom is 0.240 e. The number of halogens is 1. The van der Waals surface area contributed by atoms with Gasteiger partial charge in [-0.05, 0) is 31.0 Å². The number of anilines is 1. The van der Waals surface area contributed by atoms with Crippen LogP contribution in [-0.4, -0.2) is 53.3 Å². The molecule has 0 saturated carbocycles. The van der Waals surface area contributed by atoms with Crippen molar-refractivity contribution in [3.63, 3.8) is 0 Å². The van der Waals surface area contributed by atoms with Crippen molar-refractivity contribution in [2.75, 3.05) is 38.2 Å². The lowest BCUT2D eigenvalue weighted by Crippen LogP contribution is -2.29. The monoisotopic (exact) mass is 407 g/mol. The van der Waals surface area contributed by atoms with Crippen molar-refractivity contribution in [1.29, 1.82) is 0 Å². The first-order chi connectivity index (χ1) is 12.0. The Morgan fingerprint density at radius 1 is 1.38 bits per heavy atom. The fraction of sp³-hybridized carbons (Fsp3) is 0.562. The molecule has 0 radical (unpaired) electrons. The van der Waals surface area contributed by atoms with E-state index in [1.165, 1.54) is 12.1 Å². The predicted octanol–water partition coefficient (Wildman–Crippen LogP) is 0.870. The molecule has 2 rings (SSSR count). The average molecular weight is 408 g/mol. The second-order valence-electron chi connectivity index (χ2n) is 5.72. The topological polar surface area (TPSA) is 120 Å². The van der Waals surface area contributed by atoms with E-state index in [1.54, 1.807) is 12.1 Å². The Labute approximate surface area is 160 Å². The molecule has 26 heavy (non-hydrogen) atoms. The summed E-state index contributed by atoms with van der Waals surface area (Å²) in [6.07, 6.45) is 2.36. The smallest absolute Gasteiger partial charge is 0.240 e. The number of sulfonamides is 1. The van der Waals surface area contributed by atoms with Crippen LogP contribution in [0.2, 0.25) is 0 Å². The summed E-state index contributed by atoms with van der Waals surface area (Å²) in [4.78, 5) is 12.0. The van der Waals surface area contributed by atoms with Crippen LogP contribution >= 0.6 is 12.4 Å². The van der Waals surface area contributed by atoms with E-state index < -0.39 is 10.0 Å². The molecule has 1 aromatic carbocycles. The predicted molar refractivity (Wildman–Crippen MR) is 101 cm³/mol. The maximum absolute atomic E-state index is 12.1. The summed E-state index contributed by atoms with van der Waals surface area (Å²) < 4.78 is 37.4. The number of carbonyl (C=O) groups is 1. The van der Waals surface area contributed by atoms with Gasteiger partial charge in [-0.15, -0.1) is 12.4 Å². The number of rotatable bonds is 10. The summed E-state index contributed by atoms with van der Waals surface area (Å²) in [7, 11) is -3.63. The van der Waals surface area contributed by atoms with E-state index in [9.17, 15) is 13.2 Å². The zero-order chi connectivity index (χ0) is 18.1. The molecule has 1 amide bonds. The van der Waals surface area contributed by atoms with Crippen molar-refractivity contribution in [3.05, 3.63) is 24.3 Å². The number of hydrogen-bond acceptors (Lipinski definition) is 6.